The summed E-state index contributed by atoms with van der Waals surface area (Å²) in [4.78, 5) is 3.13. The SMILES string of the molecule is Fc1cc(F)c(Sc2nncs2)nc1F. The molecule has 3 nitrogen and oxygen atoms in total. The summed E-state index contributed by atoms with van der Waals surface area (Å²) in [7, 11) is 0. The van der Waals surface area contributed by atoms with Gasteiger partial charge in [0.1, 0.15) is 10.5 Å². The molecule has 0 radical (unpaired) electrons. The number of halogens is 3. The first kappa shape index (κ1) is 10.4. The van der Waals surface area contributed by atoms with Crippen LogP contribution in [0.1, 0.15) is 0 Å². The zero-order valence-corrected chi connectivity index (χ0v) is 8.58. The number of aromatic nitrogens is 3. The Morgan fingerprint density at radius 1 is 1.20 bits per heavy atom. The molecule has 2 heterocycles. The van der Waals surface area contributed by atoms with Crippen molar-refractivity contribution in [2.24, 2.45) is 0 Å². The monoisotopic (exact) mass is 249 g/mol. The Balaban J connectivity index is 2.33. The third-order valence-electron chi connectivity index (χ3n) is 1.38. The Hall–Kier alpha value is -1.15. The first-order valence-electron chi connectivity index (χ1n) is 3.62. The maximum absolute atomic E-state index is 13.1. The Kier molecular flexibility index (Phi) is 2.87. The topological polar surface area (TPSA) is 38.7 Å². The molecule has 0 aliphatic rings. The minimum Gasteiger partial charge on any atom is -0.207 e. The third kappa shape index (κ3) is 2.26. The molecular weight excluding hydrogens is 247 g/mol. The van der Waals surface area contributed by atoms with Gasteiger partial charge in [-0.05, 0) is 11.8 Å². The molecule has 0 N–H and O–H groups in total. The van der Waals surface area contributed by atoms with E-state index in [9.17, 15) is 13.2 Å². The van der Waals surface area contributed by atoms with Gasteiger partial charge in [-0.15, -0.1) is 10.2 Å². The maximum atomic E-state index is 13.1. The van der Waals surface area contributed by atoms with Crippen LogP contribution in [-0.2, 0) is 0 Å². The summed E-state index contributed by atoms with van der Waals surface area (Å²) in [5.74, 6) is -3.56. The standard InChI is InChI=1S/C7H2F3N3S2/c8-3-1-4(9)6(12-5(3)10)15-7-13-11-2-14-7/h1-2H. The van der Waals surface area contributed by atoms with Crippen LogP contribution >= 0.6 is 23.1 Å². The summed E-state index contributed by atoms with van der Waals surface area (Å²) in [5, 5.41) is 6.87. The van der Waals surface area contributed by atoms with Crippen LogP contribution in [-0.4, -0.2) is 15.2 Å². The number of hydrogen-bond acceptors (Lipinski definition) is 5. The summed E-state index contributed by atoms with van der Waals surface area (Å²) in [6.45, 7) is 0. The van der Waals surface area contributed by atoms with Gasteiger partial charge >= 0.3 is 0 Å². The Morgan fingerprint density at radius 2 is 2.00 bits per heavy atom. The molecule has 0 spiro atoms. The number of rotatable bonds is 2. The fraction of sp³-hybridized carbons (Fsp3) is 0. The molecule has 2 aromatic heterocycles. The van der Waals surface area contributed by atoms with E-state index in [0.29, 0.717) is 10.4 Å². The van der Waals surface area contributed by atoms with Gasteiger partial charge < -0.3 is 0 Å². The second-order valence-electron chi connectivity index (χ2n) is 2.35. The normalized spacial score (nSPS) is 10.6. The van der Waals surface area contributed by atoms with E-state index in [1.54, 1.807) is 0 Å². The molecule has 0 bridgehead atoms. The molecule has 0 atom stereocenters. The lowest BCUT2D eigenvalue weighted by Crippen LogP contribution is -1.95. The van der Waals surface area contributed by atoms with E-state index in [-0.39, 0.29) is 5.03 Å². The van der Waals surface area contributed by atoms with Crippen molar-refractivity contribution >= 4 is 23.1 Å². The minimum absolute atomic E-state index is 0.259. The number of hydrogen-bond donors (Lipinski definition) is 0. The predicted molar refractivity (Wildman–Crippen MR) is 48.1 cm³/mol. The van der Waals surface area contributed by atoms with Crippen LogP contribution in [0.15, 0.2) is 20.9 Å². The number of nitrogens with zero attached hydrogens (tertiary/aromatic N) is 3. The molecule has 8 heteroatoms. The molecule has 0 aromatic carbocycles. The van der Waals surface area contributed by atoms with Gasteiger partial charge in [0.2, 0.25) is 5.95 Å². The van der Waals surface area contributed by atoms with E-state index in [4.69, 9.17) is 0 Å². The number of pyridine rings is 1. The van der Waals surface area contributed by atoms with Gasteiger partial charge in [0.15, 0.2) is 16.0 Å². The molecule has 0 aliphatic heterocycles. The van der Waals surface area contributed by atoms with Crippen molar-refractivity contribution in [3.05, 3.63) is 29.2 Å². The maximum Gasteiger partial charge on any atom is 0.250 e. The largest absolute Gasteiger partial charge is 0.250 e. The van der Waals surface area contributed by atoms with Crippen LogP contribution in [0.5, 0.6) is 0 Å². The van der Waals surface area contributed by atoms with Gasteiger partial charge in [-0.1, -0.05) is 11.3 Å². The molecule has 2 aromatic rings. The smallest absolute Gasteiger partial charge is 0.207 e. The predicted octanol–water partition coefficient (Wildman–Crippen LogP) is 2.50. The van der Waals surface area contributed by atoms with Crippen molar-refractivity contribution < 1.29 is 13.2 Å². The van der Waals surface area contributed by atoms with Crippen molar-refractivity contribution in [1.82, 2.24) is 15.2 Å². The van der Waals surface area contributed by atoms with Gasteiger partial charge in [-0.2, -0.15) is 4.39 Å². The molecule has 0 fully saturated rings. The summed E-state index contributed by atoms with van der Waals surface area (Å²) < 4.78 is 38.7. The highest BCUT2D eigenvalue weighted by Crippen LogP contribution is 2.29. The van der Waals surface area contributed by atoms with E-state index in [0.717, 1.165) is 23.1 Å². The lowest BCUT2D eigenvalue weighted by molar-refractivity contribution is 0.448. The zero-order chi connectivity index (χ0) is 10.8. The van der Waals surface area contributed by atoms with Crippen molar-refractivity contribution in [2.45, 2.75) is 9.37 Å². The van der Waals surface area contributed by atoms with Crippen LogP contribution in [0, 0.1) is 17.6 Å². The van der Waals surface area contributed by atoms with Crippen LogP contribution in [0.4, 0.5) is 13.2 Å². The highest BCUT2D eigenvalue weighted by molar-refractivity contribution is 8.00. The molecule has 0 unspecified atom stereocenters. The highest BCUT2D eigenvalue weighted by Gasteiger charge is 2.13. The van der Waals surface area contributed by atoms with Crippen LogP contribution in [0.3, 0.4) is 0 Å². The Morgan fingerprint density at radius 3 is 2.67 bits per heavy atom. The summed E-state index contributed by atoms with van der Waals surface area (Å²) in [5.41, 5.74) is 1.44. The average molecular weight is 249 g/mol. The quantitative estimate of drug-likeness (QED) is 0.766. The van der Waals surface area contributed by atoms with E-state index < -0.39 is 17.6 Å². The summed E-state index contributed by atoms with van der Waals surface area (Å²) in [6, 6.07) is 0.450. The van der Waals surface area contributed by atoms with E-state index in [1.165, 1.54) is 5.51 Å². The fourth-order valence-electron chi connectivity index (χ4n) is 0.790. The van der Waals surface area contributed by atoms with E-state index in [1.807, 2.05) is 0 Å². The second kappa shape index (κ2) is 4.15. The molecule has 15 heavy (non-hydrogen) atoms. The van der Waals surface area contributed by atoms with Gasteiger partial charge in [0, 0.05) is 6.07 Å². The van der Waals surface area contributed by atoms with Gasteiger partial charge in [0.25, 0.3) is 0 Å². The third-order valence-corrected chi connectivity index (χ3v) is 3.14. The average Bonchev–Trinajstić information content (AvgIpc) is 2.67. The molecular formula is C7H2F3N3S2. The van der Waals surface area contributed by atoms with Gasteiger partial charge in [-0.3, -0.25) is 0 Å². The van der Waals surface area contributed by atoms with Crippen LogP contribution < -0.4 is 0 Å². The van der Waals surface area contributed by atoms with Crippen molar-refractivity contribution in [1.29, 1.82) is 0 Å². The minimum atomic E-state index is -1.33. The van der Waals surface area contributed by atoms with Gasteiger partial charge in [0.05, 0.1) is 0 Å². The Labute approximate surface area is 90.4 Å². The lowest BCUT2D eigenvalue weighted by atomic mass is 10.4. The molecule has 0 amide bonds. The first-order chi connectivity index (χ1) is 7.16. The van der Waals surface area contributed by atoms with Crippen LogP contribution in [0.2, 0.25) is 0 Å². The zero-order valence-electron chi connectivity index (χ0n) is 6.95. The Bertz CT molecular complexity index is 475. The first-order valence-corrected chi connectivity index (χ1v) is 5.32. The highest BCUT2D eigenvalue weighted by atomic mass is 32.2. The summed E-state index contributed by atoms with van der Waals surface area (Å²) >= 11 is 1.95. The lowest BCUT2D eigenvalue weighted by Gasteiger charge is -1.99. The van der Waals surface area contributed by atoms with Gasteiger partial charge in [-0.25, -0.2) is 13.8 Å². The second-order valence-corrected chi connectivity index (χ2v) is 4.42. The molecule has 0 aliphatic carbocycles. The molecule has 0 saturated carbocycles. The molecule has 78 valence electrons. The van der Waals surface area contributed by atoms with E-state index >= 15 is 0 Å². The fourth-order valence-corrected chi connectivity index (χ4v) is 2.16. The van der Waals surface area contributed by atoms with Crippen molar-refractivity contribution in [2.75, 3.05) is 0 Å². The van der Waals surface area contributed by atoms with Crippen LogP contribution in [0.25, 0.3) is 0 Å². The summed E-state index contributed by atoms with van der Waals surface area (Å²) in [6.07, 6.45) is 0. The molecule has 0 saturated heterocycles. The van der Waals surface area contributed by atoms with Crippen molar-refractivity contribution in [3.63, 3.8) is 0 Å². The molecule has 2 rings (SSSR count). The van der Waals surface area contributed by atoms with Crippen molar-refractivity contribution in [3.8, 4) is 0 Å². The van der Waals surface area contributed by atoms with E-state index in [2.05, 4.69) is 15.2 Å².